The molecular formula is C14H15N3O4S. The predicted molar refractivity (Wildman–Crippen MR) is 84.2 cm³/mol. The number of ether oxygens (including phenoxy) is 2. The van der Waals surface area contributed by atoms with Crippen molar-refractivity contribution in [2.24, 2.45) is 10.2 Å². The lowest BCUT2D eigenvalue weighted by atomic mass is 10.2. The van der Waals surface area contributed by atoms with Crippen LogP contribution in [0.2, 0.25) is 0 Å². The van der Waals surface area contributed by atoms with Crippen molar-refractivity contribution in [2.75, 3.05) is 19.0 Å². The fourth-order valence-corrected chi connectivity index (χ4v) is 2.15. The minimum absolute atomic E-state index is 0.0675. The number of nitrogens with one attached hydrogen (secondary N) is 1. The normalized spacial score (nSPS) is 16.0. The van der Waals surface area contributed by atoms with Crippen LogP contribution in [0.3, 0.4) is 0 Å². The first kappa shape index (κ1) is 16.0. The maximum Gasteiger partial charge on any atom is 0.344 e. The van der Waals surface area contributed by atoms with Crippen LogP contribution in [-0.2, 0) is 14.3 Å². The Morgan fingerprint density at radius 3 is 2.82 bits per heavy atom. The van der Waals surface area contributed by atoms with E-state index in [1.165, 1.54) is 11.8 Å². The van der Waals surface area contributed by atoms with Gasteiger partial charge in [-0.05, 0) is 36.8 Å². The number of carbonyl (C=O) groups is 2. The number of hydrogen-bond acceptors (Lipinski definition) is 7. The molecule has 0 radical (unpaired) electrons. The highest BCUT2D eigenvalue weighted by molar-refractivity contribution is 8.15. The summed E-state index contributed by atoms with van der Waals surface area (Å²) >= 11 is 1.31. The molecule has 0 unspecified atom stereocenters. The van der Waals surface area contributed by atoms with Gasteiger partial charge >= 0.3 is 5.97 Å². The third-order valence-corrected chi connectivity index (χ3v) is 3.35. The maximum absolute atomic E-state index is 11.2. The topological polar surface area (TPSA) is 89.3 Å². The van der Waals surface area contributed by atoms with E-state index in [9.17, 15) is 9.59 Å². The zero-order valence-electron chi connectivity index (χ0n) is 11.9. The molecule has 1 aromatic carbocycles. The SMILES string of the molecule is CCOC(=O)COc1ccc(C=NN=C2NC(=O)CS2)cc1. The van der Waals surface area contributed by atoms with Gasteiger partial charge in [0.05, 0.1) is 18.6 Å². The lowest BCUT2D eigenvalue weighted by Crippen LogP contribution is -2.19. The summed E-state index contributed by atoms with van der Waals surface area (Å²) in [6, 6.07) is 7.01. The van der Waals surface area contributed by atoms with Gasteiger partial charge in [0.15, 0.2) is 11.8 Å². The van der Waals surface area contributed by atoms with Crippen LogP contribution >= 0.6 is 11.8 Å². The molecule has 1 fully saturated rings. The lowest BCUT2D eigenvalue weighted by Gasteiger charge is -2.05. The number of rotatable bonds is 6. The zero-order valence-corrected chi connectivity index (χ0v) is 12.8. The second-order valence-electron chi connectivity index (χ2n) is 4.15. The molecule has 8 heteroatoms. The fourth-order valence-electron chi connectivity index (χ4n) is 1.52. The molecule has 2 rings (SSSR count). The van der Waals surface area contributed by atoms with Crippen LogP contribution in [0.25, 0.3) is 0 Å². The van der Waals surface area contributed by atoms with Crippen molar-refractivity contribution in [2.45, 2.75) is 6.92 Å². The third kappa shape index (κ3) is 5.21. The van der Waals surface area contributed by atoms with Crippen molar-refractivity contribution in [3.63, 3.8) is 0 Å². The predicted octanol–water partition coefficient (Wildman–Crippen LogP) is 1.18. The highest BCUT2D eigenvalue weighted by Gasteiger charge is 2.15. The molecule has 1 aliphatic rings. The van der Waals surface area contributed by atoms with Gasteiger partial charge in [-0.3, -0.25) is 4.79 Å². The van der Waals surface area contributed by atoms with Crippen molar-refractivity contribution >= 4 is 35.0 Å². The van der Waals surface area contributed by atoms with Crippen LogP contribution in [0.15, 0.2) is 34.5 Å². The van der Waals surface area contributed by atoms with Crippen LogP contribution in [0.4, 0.5) is 0 Å². The van der Waals surface area contributed by atoms with Gasteiger partial charge in [0.25, 0.3) is 0 Å². The Bertz CT molecular complexity index is 599. The number of benzene rings is 1. The summed E-state index contributed by atoms with van der Waals surface area (Å²) in [5.74, 6) is 0.471. The lowest BCUT2D eigenvalue weighted by molar-refractivity contribution is -0.145. The van der Waals surface area contributed by atoms with Crippen molar-refractivity contribution < 1.29 is 19.1 Å². The highest BCUT2D eigenvalue weighted by Crippen LogP contribution is 2.12. The number of amides is 1. The van der Waals surface area contributed by atoms with Gasteiger partial charge in [-0.15, -0.1) is 5.10 Å². The van der Waals surface area contributed by atoms with E-state index < -0.39 is 5.97 Å². The largest absolute Gasteiger partial charge is 0.482 e. The second-order valence-corrected chi connectivity index (χ2v) is 5.11. The Kier molecular flexibility index (Phi) is 5.96. The maximum atomic E-state index is 11.2. The Morgan fingerprint density at radius 1 is 1.41 bits per heavy atom. The van der Waals surface area contributed by atoms with E-state index in [4.69, 9.17) is 9.47 Å². The van der Waals surface area contributed by atoms with Crippen LogP contribution in [0.1, 0.15) is 12.5 Å². The summed E-state index contributed by atoms with van der Waals surface area (Å²) in [6.07, 6.45) is 1.56. The Morgan fingerprint density at radius 2 is 2.18 bits per heavy atom. The first-order valence-electron chi connectivity index (χ1n) is 6.59. The molecule has 0 bridgehead atoms. The first-order chi connectivity index (χ1) is 10.7. The highest BCUT2D eigenvalue weighted by atomic mass is 32.2. The Labute approximate surface area is 131 Å². The molecule has 1 N–H and O–H groups in total. The van der Waals surface area contributed by atoms with Gasteiger partial charge in [-0.1, -0.05) is 11.8 Å². The summed E-state index contributed by atoms with van der Waals surface area (Å²) in [4.78, 5) is 22.1. The summed E-state index contributed by atoms with van der Waals surface area (Å²) < 4.78 is 10.0. The van der Waals surface area contributed by atoms with Crippen molar-refractivity contribution in [3.05, 3.63) is 29.8 Å². The number of carbonyl (C=O) groups excluding carboxylic acids is 2. The summed E-state index contributed by atoms with van der Waals surface area (Å²) in [7, 11) is 0. The fraction of sp³-hybridized carbons (Fsp3) is 0.286. The van der Waals surface area contributed by atoms with E-state index >= 15 is 0 Å². The van der Waals surface area contributed by atoms with Crippen molar-refractivity contribution in [3.8, 4) is 5.75 Å². The van der Waals surface area contributed by atoms with Gasteiger partial charge in [0.2, 0.25) is 5.91 Å². The number of nitrogens with zero attached hydrogens (tertiary/aromatic N) is 2. The van der Waals surface area contributed by atoms with Gasteiger partial charge in [-0.25, -0.2) is 4.79 Å². The monoisotopic (exact) mass is 321 g/mol. The van der Waals surface area contributed by atoms with E-state index in [-0.39, 0.29) is 12.5 Å². The number of hydrogen-bond donors (Lipinski definition) is 1. The number of amidine groups is 1. The van der Waals surface area contributed by atoms with Gasteiger partial charge in [0, 0.05) is 0 Å². The smallest absolute Gasteiger partial charge is 0.344 e. The molecule has 22 heavy (non-hydrogen) atoms. The minimum Gasteiger partial charge on any atom is -0.482 e. The summed E-state index contributed by atoms with van der Waals surface area (Å²) in [5, 5.41) is 10.9. The van der Waals surface area contributed by atoms with E-state index in [1.54, 1.807) is 37.4 Å². The molecule has 1 amide bonds. The minimum atomic E-state index is -0.403. The molecule has 1 saturated heterocycles. The van der Waals surface area contributed by atoms with Crippen LogP contribution in [0.5, 0.6) is 5.75 Å². The molecule has 7 nitrogen and oxygen atoms in total. The average Bonchev–Trinajstić information content (AvgIpc) is 2.92. The zero-order chi connectivity index (χ0) is 15.8. The van der Waals surface area contributed by atoms with E-state index in [0.29, 0.717) is 23.3 Å². The third-order valence-electron chi connectivity index (χ3n) is 2.48. The second kappa shape index (κ2) is 8.18. The Balaban J connectivity index is 1.84. The van der Waals surface area contributed by atoms with Gasteiger partial charge < -0.3 is 14.8 Å². The molecule has 0 atom stereocenters. The van der Waals surface area contributed by atoms with Gasteiger partial charge in [-0.2, -0.15) is 5.10 Å². The molecule has 0 aromatic heterocycles. The van der Waals surface area contributed by atoms with Crippen molar-refractivity contribution in [1.29, 1.82) is 0 Å². The number of esters is 1. The number of thioether (sulfide) groups is 1. The molecule has 1 aromatic rings. The summed E-state index contributed by atoms with van der Waals surface area (Å²) in [5.41, 5.74) is 0.821. The quantitative estimate of drug-likeness (QED) is 0.483. The van der Waals surface area contributed by atoms with E-state index in [0.717, 1.165) is 5.56 Å². The summed E-state index contributed by atoms with van der Waals surface area (Å²) in [6.45, 7) is 1.95. The van der Waals surface area contributed by atoms with E-state index in [2.05, 4.69) is 15.5 Å². The first-order valence-corrected chi connectivity index (χ1v) is 7.58. The molecule has 1 heterocycles. The standard InChI is InChI=1S/C14H15N3O4S/c1-2-20-13(19)8-21-11-5-3-10(4-6-11)7-15-17-14-16-12(18)9-22-14/h3-7H,2,8-9H2,1H3,(H,16,17,18). The van der Waals surface area contributed by atoms with E-state index in [1.807, 2.05) is 0 Å². The molecule has 0 saturated carbocycles. The van der Waals surface area contributed by atoms with Crippen LogP contribution in [-0.4, -0.2) is 42.2 Å². The molecule has 116 valence electrons. The van der Waals surface area contributed by atoms with Crippen molar-refractivity contribution in [1.82, 2.24) is 5.32 Å². The molecule has 1 aliphatic heterocycles. The van der Waals surface area contributed by atoms with Crippen LogP contribution in [0, 0.1) is 0 Å². The van der Waals surface area contributed by atoms with Crippen LogP contribution < -0.4 is 10.1 Å². The molecule has 0 aliphatic carbocycles. The molecular weight excluding hydrogens is 306 g/mol. The Hall–Kier alpha value is -2.35. The van der Waals surface area contributed by atoms with Gasteiger partial charge in [0.1, 0.15) is 5.75 Å². The average molecular weight is 321 g/mol. The molecule has 0 spiro atoms.